The minimum Gasteiger partial charge on any atom is -0.495 e. The third-order valence-electron chi connectivity index (χ3n) is 6.21. The Balaban J connectivity index is 2.11. The van der Waals surface area contributed by atoms with Gasteiger partial charge in [-0.15, -0.1) is 0 Å². The first kappa shape index (κ1) is 32.5. The summed E-state index contributed by atoms with van der Waals surface area (Å²) in [4.78, 5) is 28.6. The molecule has 2 amide bonds. The molecule has 1 atom stereocenters. The fourth-order valence-electron chi connectivity index (χ4n) is 4.19. The number of hydrogen-bond donors (Lipinski definition) is 1. The molecule has 0 spiro atoms. The predicted molar refractivity (Wildman–Crippen MR) is 163 cm³/mol. The largest absolute Gasteiger partial charge is 0.495 e. The Hall–Kier alpha value is -2.98. The van der Waals surface area contributed by atoms with E-state index >= 15 is 0 Å². The van der Waals surface area contributed by atoms with Gasteiger partial charge in [0.2, 0.25) is 11.8 Å². The highest BCUT2D eigenvalue weighted by Crippen LogP contribution is 2.32. The predicted octanol–water partition coefficient (Wildman–Crippen LogP) is 6.18. The third kappa shape index (κ3) is 8.07. The summed E-state index contributed by atoms with van der Waals surface area (Å²) < 4.78 is 34.0. The molecule has 0 aliphatic rings. The van der Waals surface area contributed by atoms with Crippen molar-refractivity contribution in [3.63, 3.8) is 0 Å². The van der Waals surface area contributed by atoms with E-state index in [4.69, 9.17) is 39.5 Å². The van der Waals surface area contributed by atoms with Crippen LogP contribution < -0.4 is 14.4 Å². The summed E-state index contributed by atoms with van der Waals surface area (Å²) in [6.07, 6.45) is 0.273. The number of carbonyl (C=O) groups is 2. The van der Waals surface area contributed by atoms with Crippen molar-refractivity contribution < 1.29 is 22.7 Å². The Morgan fingerprint density at radius 3 is 2.20 bits per heavy atom. The van der Waals surface area contributed by atoms with Gasteiger partial charge in [-0.3, -0.25) is 13.9 Å². The molecule has 1 unspecified atom stereocenters. The highest BCUT2D eigenvalue weighted by Gasteiger charge is 2.34. The summed E-state index contributed by atoms with van der Waals surface area (Å²) >= 11 is 18.9. The van der Waals surface area contributed by atoms with Gasteiger partial charge in [-0.2, -0.15) is 0 Å². The third-order valence-corrected chi connectivity index (χ3v) is 8.88. The Morgan fingerprint density at radius 2 is 1.63 bits per heavy atom. The molecule has 0 heterocycles. The monoisotopic (exact) mass is 639 g/mol. The average Bonchev–Trinajstić information content (AvgIpc) is 2.92. The van der Waals surface area contributed by atoms with Crippen LogP contribution in [0, 0.1) is 0 Å². The number of hydrogen-bond acceptors (Lipinski definition) is 5. The lowest BCUT2D eigenvalue weighted by molar-refractivity contribution is -0.140. The molecule has 8 nitrogen and oxygen atoms in total. The Bertz CT molecular complexity index is 1490. The first-order chi connectivity index (χ1) is 19.4. The van der Waals surface area contributed by atoms with Gasteiger partial charge in [0.25, 0.3) is 10.0 Å². The van der Waals surface area contributed by atoms with Gasteiger partial charge in [0, 0.05) is 22.6 Å². The molecule has 0 aliphatic heterocycles. The highest BCUT2D eigenvalue weighted by molar-refractivity contribution is 7.92. The van der Waals surface area contributed by atoms with Crippen LogP contribution in [0.5, 0.6) is 5.75 Å². The summed E-state index contributed by atoms with van der Waals surface area (Å²) in [5.74, 6) is -0.645. The van der Waals surface area contributed by atoms with E-state index in [1.165, 1.54) is 42.3 Å². The van der Waals surface area contributed by atoms with Crippen LogP contribution in [-0.2, 0) is 26.2 Å². The standard InChI is InChI=1S/C29H32Cl3N3O5S/c1-5-26(29(37)33-19(2)3)34(17-20-11-12-21(30)15-24(20)31)28(36)18-35(22-13-14-27(40-4)25(32)16-22)41(38,39)23-9-7-6-8-10-23/h6-16,19,26H,5,17-18H2,1-4H3,(H,33,37). The van der Waals surface area contributed by atoms with Crippen LogP contribution >= 0.6 is 34.8 Å². The van der Waals surface area contributed by atoms with Crippen LogP contribution in [0.25, 0.3) is 0 Å². The lowest BCUT2D eigenvalue weighted by Crippen LogP contribution is -2.53. The smallest absolute Gasteiger partial charge is 0.264 e. The number of nitrogens with zero attached hydrogens (tertiary/aromatic N) is 2. The van der Waals surface area contributed by atoms with E-state index in [0.29, 0.717) is 21.4 Å². The maximum Gasteiger partial charge on any atom is 0.264 e. The molecule has 12 heteroatoms. The van der Waals surface area contributed by atoms with Crippen LogP contribution in [0.4, 0.5) is 5.69 Å². The number of rotatable bonds is 12. The van der Waals surface area contributed by atoms with Crippen LogP contribution in [0.1, 0.15) is 32.8 Å². The number of ether oxygens (including phenoxy) is 1. The van der Waals surface area contributed by atoms with Gasteiger partial charge in [0.1, 0.15) is 18.3 Å². The van der Waals surface area contributed by atoms with Gasteiger partial charge in [0.15, 0.2) is 0 Å². The second-order valence-electron chi connectivity index (χ2n) is 9.49. The zero-order valence-electron chi connectivity index (χ0n) is 23.1. The molecule has 0 fully saturated rings. The fraction of sp³-hybridized carbons (Fsp3) is 0.310. The van der Waals surface area contributed by atoms with Gasteiger partial charge in [-0.25, -0.2) is 8.42 Å². The molecule has 0 saturated carbocycles. The van der Waals surface area contributed by atoms with Crippen molar-refractivity contribution in [2.45, 2.75) is 50.7 Å². The minimum absolute atomic E-state index is 0.0170. The summed E-state index contributed by atoms with van der Waals surface area (Å²) in [6, 6.07) is 15.9. The molecule has 0 saturated heterocycles. The van der Waals surface area contributed by atoms with E-state index in [2.05, 4.69) is 5.32 Å². The van der Waals surface area contributed by atoms with Crippen LogP contribution in [0.2, 0.25) is 15.1 Å². The van der Waals surface area contributed by atoms with E-state index < -0.39 is 28.5 Å². The van der Waals surface area contributed by atoms with E-state index in [1.807, 2.05) is 13.8 Å². The van der Waals surface area contributed by atoms with Crippen molar-refractivity contribution in [2.75, 3.05) is 18.0 Å². The fourth-order valence-corrected chi connectivity index (χ4v) is 6.34. The number of amides is 2. The average molecular weight is 641 g/mol. The first-order valence-corrected chi connectivity index (χ1v) is 15.4. The van der Waals surface area contributed by atoms with Gasteiger partial charge in [0.05, 0.1) is 22.7 Å². The van der Waals surface area contributed by atoms with Gasteiger partial charge >= 0.3 is 0 Å². The number of nitrogens with one attached hydrogen (secondary N) is 1. The molecular formula is C29H32Cl3N3O5S. The Kier molecular flexibility index (Phi) is 11.3. The number of carbonyl (C=O) groups excluding carboxylic acids is 2. The highest BCUT2D eigenvalue weighted by atomic mass is 35.5. The van der Waals surface area contributed by atoms with Gasteiger partial charge in [-0.1, -0.05) is 66.0 Å². The van der Waals surface area contributed by atoms with E-state index in [1.54, 1.807) is 43.3 Å². The van der Waals surface area contributed by atoms with Crippen molar-refractivity contribution in [3.05, 3.63) is 87.4 Å². The van der Waals surface area contributed by atoms with Crippen molar-refractivity contribution in [1.29, 1.82) is 0 Å². The van der Waals surface area contributed by atoms with Crippen molar-refractivity contribution in [2.24, 2.45) is 0 Å². The van der Waals surface area contributed by atoms with Crippen molar-refractivity contribution >= 4 is 62.3 Å². The normalized spacial score (nSPS) is 12.1. The summed E-state index contributed by atoms with van der Waals surface area (Å²) in [5.41, 5.74) is 0.697. The lowest BCUT2D eigenvalue weighted by Gasteiger charge is -2.33. The Morgan fingerprint density at radius 1 is 0.951 bits per heavy atom. The SMILES string of the molecule is CCC(C(=O)NC(C)C)N(Cc1ccc(Cl)cc1Cl)C(=O)CN(c1ccc(OC)c(Cl)c1)S(=O)(=O)c1ccccc1. The Labute approximate surface area is 256 Å². The molecule has 1 N–H and O–H groups in total. The van der Waals surface area contributed by atoms with Gasteiger partial charge < -0.3 is 15.0 Å². The van der Waals surface area contributed by atoms with Crippen molar-refractivity contribution in [3.8, 4) is 5.75 Å². The van der Waals surface area contributed by atoms with Crippen LogP contribution in [0.3, 0.4) is 0 Å². The molecule has 3 aromatic rings. The maximum atomic E-state index is 14.1. The lowest BCUT2D eigenvalue weighted by atomic mass is 10.1. The second-order valence-corrected chi connectivity index (χ2v) is 12.6. The molecule has 41 heavy (non-hydrogen) atoms. The summed E-state index contributed by atoms with van der Waals surface area (Å²) in [7, 11) is -2.79. The first-order valence-electron chi connectivity index (χ1n) is 12.8. The van der Waals surface area contributed by atoms with Crippen LogP contribution in [-0.4, -0.2) is 50.9 Å². The second kappa shape index (κ2) is 14.3. The molecule has 0 aliphatic carbocycles. The summed E-state index contributed by atoms with van der Waals surface area (Å²) in [5, 5.41) is 3.74. The molecule has 220 valence electrons. The zero-order chi connectivity index (χ0) is 30.3. The quantitative estimate of drug-likeness (QED) is 0.255. The molecule has 3 aromatic carbocycles. The van der Waals surface area contributed by atoms with E-state index in [9.17, 15) is 18.0 Å². The number of halogens is 3. The number of methoxy groups -OCH3 is 1. The molecule has 0 radical (unpaired) electrons. The molecule has 3 rings (SSSR count). The molecule has 0 aromatic heterocycles. The van der Waals surface area contributed by atoms with Gasteiger partial charge in [-0.05, 0) is 68.3 Å². The van der Waals surface area contributed by atoms with E-state index in [-0.39, 0.29) is 40.5 Å². The van der Waals surface area contributed by atoms with Crippen LogP contribution in [0.15, 0.2) is 71.6 Å². The molecular weight excluding hydrogens is 609 g/mol. The summed E-state index contributed by atoms with van der Waals surface area (Å²) in [6.45, 7) is 4.73. The number of anilines is 1. The number of sulfonamides is 1. The van der Waals surface area contributed by atoms with E-state index in [0.717, 1.165) is 4.31 Å². The topological polar surface area (TPSA) is 96.0 Å². The molecule has 0 bridgehead atoms. The number of benzene rings is 3. The van der Waals surface area contributed by atoms with Crippen molar-refractivity contribution in [1.82, 2.24) is 10.2 Å². The maximum absolute atomic E-state index is 14.1. The zero-order valence-corrected chi connectivity index (χ0v) is 26.2. The minimum atomic E-state index is -4.24.